The topological polar surface area (TPSA) is 135 Å². The van der Waals surface area contributed by atoms with Gasteiger partial charge in [0.15, 0.2) is 5.84 Å². The lowest BCUT2D eigenvalue weighted by Crippen LogP contribution is -2.13. The molecule has 0 saturated carbocycles. The summed E-state index contributed by atoms with van der Waals surface area (Å²) in [6, 6.07) is 14.5. The summed E-state index contributed by atoms with van der Waals surface area (Å²) in [5, 5.41) is 19.7. The predicted octanol–water partition coefficient (Wildman–Crippen LogP) is 1.91. The standard InChI is InChI=1S/C9H10N2O3.C9H7NO2/c1-14-9(12)7-4-2-6(3-5-7)8(10)11-13;1-12-9(11)8-4-2-7(6-10)3-5-8/h2-5,13H,1H3,(H2,10,11);2-5H,1H3. The van der Waals surface area contributed by atoms with Crippen molar-refractivity contribution in [3.8, 4) is 6.07 Å². The van der Waals surface area contributed by atoms with Crippen LogP contribution in [-0.4, -0.2) is 37.2 Å². The van der Waals surface area contributed by atoms with Gasteiger partial charge in [-0.2, -0.15) is 5.26 Å². The van der Waals surface area contributed by atoms with Gasteiger partial charge in [0.25, 0.3) is 0 Å². The van der Waals surface area contributed by atoms with Gasteiger partial charge in [-0.15, -0.1) is 0 Å². The molecule has 26 heavy (non-hydrogen) atoms. The summed E-state index contributed by atoms with van der Waals surface area (Å²) in [6.45, 7) is 0. The zero-order valence-corrected chi connectivity index (χ0v) is 14.2. The minimum atomic E-state index is -0.420. The van der Waals surface area contributed by atoms with Crippen molar-refractivity contribution in [3.05, 3.63) is 70.8 Å². The van der Waals surface area contributed by atoms with Crippen LogP contribution in [0.3, 0.4) is 0 Å². The third-order valence-corrected chi connectivity index (χ3v) is 3.14. The molecule has 0 fully saturated rings. The summed E-state index contributed by atoms with van der Waals surface area (Å²) >= 11 is 0. The predicted molar refractivity (Wildman–Crippen MR) is 92.8 cm³/mol. The fourth-order valence-electron chi connectivity index (χ4n) is 1.75. The number of oxime groups is 1. The van der Waals surface area contributed by atoms with E-state index in [1.54, 1.807) is 48.5 Å². The van der Waals surface area contributed by atoms with Crippen molar-refractivity contribution in [2.75, 3.05) is 14.2 Å². The number of amidine groups is 1. The van der Waals surface area contributed by atoms with Gasteiger partial charge in [-0.1, -0.05) is 17.3 Å². The third-order valence-electron chi connectivity index (χ3n) is 3.14. The Balaban J connectivity index is 0.000000263. The molecule has 8 nitrogen and oxygen atoms in total. The third kappa shape index (κ3) is 5.65. The van der Waals surface area contributed by atoms with E-state index in [-0.39, 0.29) is 11.8 Å². The molecule has 2 rings (SSSR count). The first-order valence-electron chi connectivity index (χ1n) is 7.21. The number of hydrogen-bond acceptors (Lipinski definition) is 7. The van der Waals surface area contributed by atoms with Crippen LogP contribution >= 0.6 is 0 Å². The van der Waals surface area contributed by atoms with Crippen molar-refractivity contribution in [2.45, 2.75) is 0 Å². The molecule has 134 valence electrons. The highest BCUT2D eigenvalue weighted by Crippen LogP contribution is 2.05. The Kier molecular flexibility index (Phi) is 7.84. The van der Waals surface area contributed by atoms with Crippen LogP contribution in [0.1, 0.15) is 31.8 Å². The average Bonchev–Trinajstić information content (AvgIpc) is 2.72. The lowest BCUT2D eigenvalue weighted by Gasteiger charge is -2.00. The Morgan fingerprint density at radius 2 is 1.31 bits per heavy atom. The maximum Gasteiger partial charge on any atom is 0.337 e. The number of benzene rings is 2. The number of nitrogens with zero attached hydrogens (tertiary/aromatic N) is 2. The number of hydrogen-bond donors (Lipinski definition) is 2. The second kappa shape index (κ2) is 10.1. The lowest BCUT2D eigenvalue weighted by atomic mass is 10.1. The highest BCUT2D eigenvalue weighted by molar-refractivity contribution is 5.98. The van der Waals surface area contributed by atoms with E-state index in [2.05, 4.69) is 14.6 Å². The van der Waals surface area contributed by atoms with Gasteiger partial charge >= 0.3 is 11.9 Å². The summed E-state index contributed by atoms with van der Waals surface area (Å²) < 4.78 is 9.00. The zero-order valence-electron chi connectivity index (χ0n) is 14.2. The molecule has 0 spiro atoms. The van der Waals surface area contributed by atoms with E-state index < -0.39 is 5.97 Å². The monoisotopic (exact) mass is 355 g/mol. The first kappa shape index (κ1) is 20.2. The first-order valence-corrected chi connectivity index (χ1v) is 7.21. The lowest BCUT2D eigenvalue weighted by molar-refractivity contribution is 0.0592. The number of carbonyl (C=O) groups is 2. The second-order valence-electron chi connectivity index (χ2n) is 4.73. The van der Waals surface area contributed by atoms with Gasteiger partial charge in [0.2, 0.25) is 0 Å². The van der Waals surface area contributed by atoms with Crippen LogP contribution in [0.2, 0.25) is 0 Å². The van der Waals surface area contributed by atoms with Crippen molar-refractivity contribution < 1.29 is 24.3 Å². The van der Waals surface area contributed by atoms with E-state index in [0.717, 1.165) is 0 Å². The molecule has 0 aliphatic rings. The molecule has 0 bridgehead atoms. The average molecular weight is 355 g/mol. The highest BCUT2D eigenvalue weighted by atomic mass is 16.5. The molecule has 0 unspecified atom stereocenters. The van der Waals surface area contributed by atoms with Crippen LogP contribution in [0.5, 0.6) is 0 Å². The molecule has 0 radical (unpaired) electrons. The van der Waals surface area contributed by atoms with Crippen LogP contribution in [0, 0.1) is 11.3 Å². The summed E-state index contributed by atoms with van der Waals surface area (Å²) in [4.78, 5) is 21.9. The summed E-state index contributed by atoms with van der Waals surface area (Å²) in [6.07, 6.45) is 0. The molecule has 0 atom stereocenters. The molecule has 0 amide bonds. The van der Waals surface area contributed by atoms with Crippen LogP contribution < -0.4 is 5.73 Å². The van der Waals surface area contributed by atoms with Crippen LogP contribution in [0.15, 0.2) is 53.7 Å². The van der Waals surface area contributed by atoms with Crippen molar-refractivity contribution in [1.29, 1.82) is 5.26 Å². The van der Waals surface area contributed by atoms with Crippen LogP contribution in [0.25, 0.3) is 0 Å². The van der Waals surface area contributed by atoms with Gasteiger partial charge < -0.3 is 20.4 Å². The fraction of sp³-hybridized carbons (Fsp3) is 0.111. The Morgan fingerprint density at radius 3 is 1.65 bits per heavy atom. The number of methoxy groups -OCH3 is 2. The molecule has 0 saturated heterocycles. The Bertz CT molecular complexity index is 821. The Labute approximate surface area is 150 Å². The largest absolute Gasteiger partial charge is 0.465 e. The van der Waals surface area contributed by atoms with E-state index in [9.17, 15) is 9.59 Å². The quantitative estimate of drug-likeness (QED) is 0.282. The number of nitrogens with two attached hydrogens (primary N) is 1. The first-order chi connectivity index (χ1) is 12.5. The number of rotatable bonds is 3. The van der Waals surface area contributed by atoms with Gasteiger partial charge in [-0.25, -0.2) is 9.59 Å². The maximum atomic E-state index is 11.0. The normalized spacial score (nSPS) is 9.96. The molecule has 0 aliphatic carbocycles. The van der Waals surface area contributed by atoms with Crippen molar-refractivity contribution in [3.63, 3.8) is 0 Å². The van der Waals surface area contributed by atoms with Gasteiger partial charge in [0, 0.05) is 5.56 Å². The number of carbonyl (C=O) groups excluding carboxylic acids is 2. The fourth-order valence-corrected chi connectivity index (χ4v) is 1.75. The zero-order chi connectivity index (χ0) is 19.5. The van der Waals surface area contributed by atoms with Crippen molar-refractivity contribution >= 4 is 17.8 Å². The van der Waals surface area contributed by atoms with E-state index in [1.807, 2.05) is 6.07 Å². The Hall–Kier alpha value is -3.86. The molecular formula is C18H17N3O5. The van der Waals surface area contributed by atoms with Crippen LogP contribution in [0.4, 0.5) is 0 Å². The number of nitriles is 1. The minimum absolute atomic E-state index is 0.00131. The van der Waals surface area contributed by atoms with Gasteiger partial charge in [0.1, 0.15) is 0 Å². The van der Waals surface area contributed by atoms with E-state index >= 15 is 0 Å². The van der Waals surface area contributed by atoms with E-state index in [0.29, 0.717) is 22.3 Å². The van der Waals surface area contributed by atoms with Crippen molar-refractivity contribution in [2.24, 2.45) is 10.9 Å². The Morgan fingerprint density at radius 1 is 0.923 bits per heavy atom. The van der Waals surface area contributed by atoms with Crippen LogP contribution in [-0.2, 0) is 9.47 Å². The molecular weight excluding hydrogens is 338 g/mol. The van der Waals surface area contributed by atoms with Gasteiger partial charge in [0.05, 0.1) is 37.0 Å². The molecule has 8 heteroatoms. The second-order valence-corrected chi connectivity index (χ2v) is 4.73. The summed E-state index contributed by atoms with van der Waals surface area (Å²) in [5.41, 5.74) is 7.28. The van der Waals surface area contributed by atoms with Gasteiger partial charge in [-0.05, 0) is 36.4 Å². The SMILES string of the molecule is COC(=O)c1ccc(/C(N)=N/O)cc1.COC(=O)c1ccc(C#N)cc1. The van der Waals surface area contributed by atoms with Crippen molar-refractivity contribution in [1.82, 2.24) is 0 Å². The maximum absolute atomic E-state index is 11.0. The molecule has 0 aromatic heterocycles. The molecule has 2 aromatic carbocycles. The molecule has 2 aromatic rings. The molecule has 0 aliphatic heterocycles. The molecule has 3 N–H and O–H groups in total. The summed E-state index contributed by atoms with van der Waals surface area (Å²) in [5.74, 6) is -0.808. The van der Waals surface area contributed by atoms with Gasteiger partial charge in [-0.3, -0.25) is 0 Å². The smallest absolute Gasteiger partial charge is 0.337 e. The minimum Gasteiger partial charge on any atom is -0.465 e. The molecule has 0 heterocycles. The number of ether oxygens (including phenoxy) is 2. The van der Waals surface area contributed by atoms with E-state index in [4.69, 9.17) is 16.2 Å². The highest BCUT2D eigenvalue weighted by Gasteiger charge is 2.05. The van der Waals surface area contributed by atoms with E-state index in [1.165, 1.54) is 14.2 Å². The number of esters is 2. The summed E-state index contributed by atoms with van der Waals surface area (Å²) in [7, 11) is 2.63.